The topological polar surface area (TPSA) is 86.3 Å². The maximum atomic E-state index is 13.0. The maximum absolute atomic E-state index is 13.0. The van der Waals surface area contributed by atoms with Crippen LogP contribution >= 0.6 is 0 Å². The van der Waals surface area contributed by atoms with E-state index in [1.165, 1.54) is 0 Å². The van der Waals surface area contributed by atoms with Crippen molar-refractivity contribution in [1.82, 2.24) is 4.90 Å². The van der Waals surface area contributed by atoms with Crippen molar-refractivity contribution in [2.45, 2.75) is 32.5 Å². The molecule has 146 valence electrons. The Kier molecular flexibility index (Phi) is 4.47. The number of fused-ring (bicyclic) bond motifs is 1. The summed E-state index contributed by atoms with van der Waals surface area (Å²) < 4.78 is 22.0. The van der Waals surface area contributed by atoms with Crippen molar-refractivity contribution in [2.24, 2.45) is 5.41 Å². The van der Waals surface area contributed by atoms with Gasteiger partial charge < -0.3 is 29.2 Å². The van der Waals surface area contributed by atoms with Crippen LogP contribution in [0.15, 0.2) is 18.2 Å². The molecule has 0 aromatic heterocycles. The van der Waals surface area contributed by atoms with Crippen molar-refractivity contribution in [3.63, 3.8) is 0 Å². The van der Waals surface area contributed by atoms with Crippen molar-refractivity contribution in [3.8, 4) is 11.5 Å². The molecule has 1 aromatic rings. The number of benzene rings is 1. The number of anilines is 1. The Hall–Kier alpha value is -2.32. The highest BCUT2D eigenvalue weighted by Crippen LogP contribution is 2.36. The molecule has 3 aliphatic rings. The fraction of sp³-hybridized carbons (Fsp3) is 0.579. The van der Waals surface area contributed by atoms with E-state index < -0.39 is 11.2 Å². The first-order valence-corrected chi connectivity index (χ1v) is 9.18. The molecule has 8 nitrogen and oxygen atoms in total. The van der Waals surface area contributed by atoms with E-state index in [0.717, 1.165) is 0 Å². The Morgan fingerprint density at radius 3 is 2.44 bits per heavy atom. The lowest BCUT2D eigenvalue weighted by atomic mass is 9.88. The number of amides is 2. The molecule has 0 bridgehead atoms. The first kappa shape index (κ1) is 18.1. The Balaban J connectivity index is 1.39. The van der Waals surface area contributed by atoms with E-state index in [0.29, 0.717) is 56.3 Å². The van der Waals surface area contributed by atoms with Crippen LogP contribution in [-0.4, -0.2) is 55.6 Å². The number of nitrogens with one attached hydrogen (secondary N) is 1. The quantitative estimate of drug-likeness (QED) is 0.809. The molecular formula is C19H24N2O6. The van der Waals surface area contributed by atoms with Gasteiger partial charge in [-0.2, -0.15) is 0 Å². The Morgan fingerprint density at radius 1 is 1.07 bits per heavy atom. The molecule has 2 saturated heterocycles. The molecule has 1 spiro atoms. The number of piperidine rings is 1. The molecule has 3 heterocycles. The van der Waals surface area contributed by atoms with Gasteiger partial charge in [0.2, 0.25) is 18.6 Å². The molecule has 0 saturated carbocycles. The van der Waals surface area contributed by atoms with Crippen molar-refractivity contribution in [1.29, 1.82) is 0 Å². The van der Waals surface area contributed by atoms with Gasteiger partial charge in [0.05, 0.1) is 13.2 Å². The Morgan fingerprint density at radius 2 is 1.74 bits per heavy atom. The lowest BCUT2D eigenvalue weighted by Gasteiger charge is -2.40. The monoisotopic (exact) mass is 376 g/mol. The van der Waals surface area contributed by atoms with Crippen molar-refractivity contribution in [3.05, 3.63) is 18.2 Å². The number of rotatable bonds is 3. The highest BCUT2D eigenvalue weighted by molar-refractivity contribution is 6.10. The van der Waals surface area contributed by atoms with E-state index in [1.807, 2.05) is 0 Å². The molecule has 1 N–H and O–H groups in total. The third-order valence-corrected chi connectivity index (χ3v) is 5.36. The highest BCUT2D eigenvalue weighted by atomic mass is 16.7. The van der Waals surface area contributed by atoms with Crippen LogP contribution in [0.3, 0.4) is 0 Å². The van der Waals surface area contributed by atoms with Crippen LogP contribution in [0.25, 0.3) is 0 Å². The molecule has 3 aliphatic heterocycles. The number of carbonyl (C=O) groups is 2. The molecule has 27 heavy (non-hydrogen) atoms. The smallest absolute Gasteiger partial charge is 0.239 e. The van der Waals surface area contributed by atoms with Crippen LogP contribution in [0.5, 0.6) is 11.5 Å². The predicted octanol–water partition coefficient (Wildman–Crippen LogP) is 1.75. The Labute approximate surface area is 157 Å². The second-order valence-corrected chi connectivity index (χ2v) is 7.55. The number of nitrogens with zero attached hydrogens (tertiary/aromatic N) is 1. The fourth-order valence-corrected chi connectivity index (χ4v) is 3.59. The summed E-state index contributed by atoms with van der Waals surface area (Å²) >= 11 is 0. The summed E-state index contributed by atoms with van der Waals surface area (Å²) in [6.07, 6.45) is 1.25. The van der Waals surface area contributed by atoms with Gasteiger partial charge in [-0.1, -0.05) is 0 Å². The normalized spacial score (nSPS) is 20.7. The summed E-state index contributed by atoms with van der Waals surface area (Å²) in [6, 6.07) is 5.16. The maximum Gasteiger partial charge on any atom is 0.239 e. The van der Waals surface area contributed by atoms with E-state index in [2.05, 4.69) is 5.32 Å². The number of hydrogen-bond donors (Lipinski definition) is 1. The van der Waals surface area contributed by atoms with Gasteiger partial charge in [-0.15, -0.1) is 0 Å². The minimum absolute atomic E-state index is 0.167. The largest absolute Gasteiger partial charge is 0.454 e. The zero-order chi connectivity index (χ0) is 19.1. The highest BCUT2D eigenvalue weighted by Gasteiger charge is 2.45. The second kappa shape index (κ2) is 6.69. The third kappa shape index (κ3) is 3.35. The first-order chi connectivity index (χ1) is 12.9. The number of carbonyl (C=O) groups excluding carboxylic acids is 2. The zero-order valence-electron chi connectivity index (χ0n) is 15.6. The molecule has 8 heteroatoms. The molecule has 0 aliphatic carbocycles. The summed E-state index contributed by atoms with van der Waals surface area (Å²) in [5.74, 6) is 0.112. The van der Waals surface area contributed by atoms with E-state index in [1.54, 1.807) is 36.9 Å². The predicted molar refractivity (Wildman–Crippen MR) is 95.4 cm³/mol. The van der Waals surface area contributed by atoms with Gasteiger partial charge in [0.25, 0.3) is 0 Å². The van der Waals surface area contributed by atoms with Crippen LogP contribution in [-0.2, 0) is 19.1 Å². The number of hydrogen-bond acceptors (Lipinski definition) is 6. The van der Waals surface area contributed by atoms with Gasteiger partial charge in [-0.25, -0.2) is 0 Å². The second-order valence-electron chi connectivity index (χ2n) is 7.55. The van der Waals surface area contributed by atoms with Crippen LogP contribution in [0.2, 0.25) is 0 Å². The molecule has 0 atom stereocenters. The molecule has 2 amide bonds. The van der Waals surface area contributed by atoms with Crippen molar-refractivity contribution >= 4 is 17.5 Å². The summed E-state index contributed by atoms with van der Waals surface area (Å²) in [7, 11) is 0. The standard InChI is InChI=1S/C19H24N2O6/c1-18(2,16(22)20-13-3-4-14-15(11-13)25-12-24-14)17(23)21-7-5-19(6-8-21)26-9-10-27-19/h3-4,11H,5-10,12H2,1-2H3,(H,20,22). The third-order valence-electron chi connectivity index (χ3n) is 5.36. The van der Waals surface area contributed by atoms with Gasteiger partial charge in [-0.05, 0) is 26.0 Å². The van der Waals surface area contributed by atoms with Crippen LogP contribution < -0.4 is 14.8 Å². The van der Waals surface area contributed by atoms with Crippen LogP contribution in [0, 0.1) is 5.41 Å². The number of ether oxygens (including phenoxy) is 4. The van der Waals surface area contributed by atoms with E-state index in [4.69, 9.17) is 18.9 Å². The molecule has 2 fully saturated rings. The summed E-state index contributed by atoms with van der Waals surface area (Å²) in [5, 5.41) is 2.81. The van der Waals surface area contributed by atoms with Crippen LogP contribution in [0.4, 0.5) is 5.69 Å². The average Bonchev–Trinajstić information content (AvgIpc) is 3.31. The Bertz CT molecular complexity index is 747. The molecule has 0 unspecified atom stereocenters. The molecule has 4 rings (SSSR count). The first-order valence-electron chi connectivity index (χ1n) is 9.18. The summed E-state index contributed by atoms with van der Waals surface area (Å²) in [6.45, 7) is 5.67. The van der Waals surface area contributed by atoms with Gasteiger partial charge in [-0.3, -0.25) is 9.59 Å². The van der Waals surface area contributed by atoms with Crippen LogP contribution in [0.1, 0.15) is 26.7 Å². The van der Waals surface area contributed by atoms with E-state index in [9.17, 15) is 9.59 Å². The van der Waals surface area contributed by atoms with Gasteiger partial charge >= 0.3 is 0 Å². The molecule has 1 aromatic carbocycles. The lowest BCUT2D eigenvalue weighted by Crippen LogP contribution is -2.53. The van der Waals surface area contributed by atoms with E-state index in [-0.39, 0.29) is 18.6 Å². The summed E-state index contributed by atoms with van der Waals surface area (Å²) in [5.41, 5.74) is -0.631. The number of likely N-dealkylation sites (tertiary alicyclic amines) is 1. The van der Waals surface area contributed by atoms with Gasteiger partial charge in [0.15, 0.2) is 17.3 Å². The minimum Gasteiger partial charge on any atom is -0.454 e. The van der Waals surface area contributed by atoms with Crippen molar-refractivity contribution in [2.75, 3.05) is 38.4 Å². The SMILES string of the molecule is CC(C)(C(=O)Nc1ccc2c(c1)OCO2)C(=O)N1CCC2(CC1)OCCO2. The minimum atomic E-state index is -1.20. The molecule has 0 radical (unpaired) electrons. The van der Waals surface area contributed by atoms with E-state index >= 15 is 0 Å². The van der Waals surface area contributed by atoms with Gasteiger partial charge in [0.1, 0.15) is 5.41 Å². The molecular weight excluding hydrogens is 352 g/mol. The zero-order valence-corrected chi connectivity index (χ0v) is 15.6. The lowest BCUT2D eigenvalue weighted by molar-refractivity contribution is -0.189. The average molecular weight is 376 g/mol. The fourth-order valence-electron chi connectivity index (χ4n) is 3.59. The summed E-state index contributed by atoms with van der Waals surface area (Å²) in [4.78, 5) is 27.5. The van der Waals surface area contributed by atoms with Gasteiger partial charge in [0, 0.05) is 37.7 Å². The van der Waals surface area contributed by atoms with Crippen molar-refractivity contribution < 1.29 is 28.5 Å².